The van der Waals surface area contributed by atoms with Crippen molar-refractivity contribution in [2.45, 2.75) is 90.3 Å². The second-order valence-corrected chi connectivity index (χ2v) is 6.64. The Morgan fingerprint density at radius 1 is 1.05 bits per heavy atom. The van der Waals surface area contributed by atoms with Crippen molar-refractivity contribution < 1.29 is 13.2 Å². The van der Waals surface area contributed by atoms with Gasteiger partial charge in [-0.25, -0.2) is 0 Å². The standard InChI is InChI=1S/C17H32F3N/c1-3-5-6-14-7-9-15(10-8-14)16(21-13-4-2)11-12-17(18,19)20/h14-16,21H,3-13H2,1-2H3. The summed E-state index contributed by atoms with van der Waals surface area (Å²) in [5.41, 5.74) is 0. The highest BCUT2D eigenvalue weighted by molar-refractivity contribution is 4.82. The minimum atomic E-state index is -4.02. The van der Waals surface area contributed by atoms with Gasteiger partial charge in [0, 0.05) is 12.5 Å². The molecule has 1 rings (SSSR count). The van der Waals surface area contributed by atoms with Crippen molar-refractivity contribution in [3.63, 3.8) is 0 Å². The van der Waals surface area contributed by atoms with Gasteiger partial charge in [0.25, 0.3) is 0 Å². The van der Waals surface area contributed by atoms with Crippen LogP contribution in [0.25, 0.3) is 0 Å². The van der Waals surface area contributed by atoms with Crippen LogP contribution in [0.5, 0.6) is 0 Å². The van der Waals surface area contributed by atoms with Crippen molar-refractivity contribution in [1.82, 2.24) is 5.32 Å². The molecule has 0 aliphatic heterocycles. The molecule has 0 spiro atoms. The maximum Gasteiger partial charge on any atom is 0.389 e. The molecule has 4 heteroatoms. The maximum absolute atomic E-state index is 12.5. The first kappa shape index (κ1) is 18.8. The van der Waals surface area contributed by atoms with Crippen LogP contribution in [-0.4, -0.2) is 18.8 Å². The van der Waals surface area contributed by atoms with Gasteiger partial charge >= 0.3 is 6.18 Å². The van der Waals surface area contributed by atoms with Crippen LogP contribution < -0.4 is 5.32 Å². The Kier molecular flexibility index (Phi) is 8.69. The molecule has 0 heterocycles. The van der Waals surface area contributed by atoms with Gasteiger partial charge in [-0.15, -0.1) is 0 Å². The first-order valence-electron chi connectivity index (χ1n) is 8.76. The average molecular weight is 307 g/mol. The minimum Gasteiger partial charge on any atom is -0.314 e. The average Bonchev–Trinajstić information content (AvgIpc) is 2.45. The number of hydrogen-bond donors (Lipinski definition) is 1. The van der Waals surface area contributed by atoms with Crippen LogP contribution in [0, 0.1) is 11.8 Å². The smallest absolute Gasteiger partial charge is 0.314 e. The molecule has 0 aromatic rings. The van der Waals surface area contributed by atoms with Crippen LogP contribution in [0.3, 0.4) is 0 Å². The van der Waals surface area contributed by atoms with Crippen molar-refractivity contribution in [2.24, 2.45) is 11.8 Å². The van der Waals surface area contributed by atoms with Crippen LogP contribution >= 0.6 is 0 Å². The fourth-order valence-corrected chi connectivity index (χ4v) is 3.53. The predicted octanol–water partition coefficient (Wildman–Crippen LogP) is 5.69. The minimum absolute atomic E-state index is 0.0544. The number of halogens is 3. The van der Waals surface area contributed by atoms with Gasteiger partial charge in [-0.05, 0) is 44.1 Å². The van der Waals surface area contributed by atoms with E-state index in [2.05, 4.69) is 19.2 Å². The SMILES string of the molecule is CCCCC1CCC(C(CCC(F)(F)F)NCCC)CC1. The Morgan fingerprint density at radius 3 is 2.24 bits per heavy atom. The predicted molar refractivity (Wildman–Crippen MR) is 82.3 cm³/mol. The Balaban J connectivity index is 2.40. The van der Waals surface area contributed by atoms with Crippen LogP contribution in [0.4, 0.5) is 13.2 Å². The molecule has 21 heavy (non-hydrogen) atoms. The molecule has 1 unspecified atom stereocenters. The highest BCUT2D eigenvalue weighted by Gasteiger charge is 2.32. The van der Waals surface area contributed by atoms with Gasteiger partial charge in [-0.2, -0.15) is 13.2 Å². The molecule has 1 aliphatic carbocycles. The molecule has 0 aromatic heterocycles. The van der Waals surface area contributed by atoms with Gasteiger partial charge in [0.1, 0.15) is 0 Å². The van der Waals surface area contributed by atoms with Crippen molar-refractivity contribution in [3.05, 3.63) is 0 Å². The zero-order valence-electron chi connectivity index (χ0n) is 13.6. The summed E-state index contributed by atoms with van der Waals surface area (Å²) in [6, 6.07) is 0.0544. The molecule has 1 saturated carbocycles. The summed E-state index contributed by atoms with van der Waals surface area (Å²) >= 11 is 0. The topological polar surface area (TPSA) is 12.0 Å². The molecule has 1 atom stereocenters. The number of alkyl halides is 3. The van der Waals surface area contributed by atoms with Crippen molar-refractivity contribution >= 4 is 0 Å². The van der Waals surface area contributed by atoms with Gasteiger partial charge in [0.15, 0.2) is 0 Å². The van der Waals surface area contributed by atoms with E-state index < -0.39 is 12.6 Å². The zero-order chi connectivity index (χ0) is 15.7. The molecule has 1 aliphatic rings. The van der Waals surface area contributed by atoms with Crippen molar-refractivity contribution in [3.8, 4) is 0 Å². The second kappa shape index (κ2) is 9.70. The van der Waals surface area contributed by atoms with E-state index >= 15 is 0 Å². The van der Waals surface area contributed by atoms with Crippen molar-refractivity contribution in [2.75, 3.05) is 6.54 Å². The second-order valence-electron chi connectivity index (χ2n) is 6.64. The van der Waals surface area contributed by atoms with E-state index in [0.717, 1.165) is 31.7 Å². The maximum atomic E-state index is 12.5. The van der Waals surface area contributed by atoms with E-state index in [1.807, 2.05) is 0 Å². The van der Waals surface area contributed by atoms with E-state index in [0.29, 0.717) is 5.92 Å². The van der Waals surface area contributed by atoms with E-state index in [1.54, 1.807) is 0 Å². The molecule has 0 amide bonds. The fraction of sp³-hybridized carbons (Fsp3) is 1.00. The Hall–Kier alpha value is -0.250. The number of rotatable bonds is 9. The first-order chi connectivity index (χ1) is 9.96. The number of hydrogen-bond acceptors (Lipinski definition) is 1. The summed E-state index contributed by atoms with van der Waals surface area (Å²) in [5.74, 6) is 1.26. The third-order valence-corrected chi connectivity index (χ3v) is 4.82. The van der Waals surface area contributed by atoms with Crippen LogP contribution in [0.2, 0.25) is 0 Å². The summed E-state index contributed by atoms with van der Waals surface area (Å²) < 4.78 is 37.4. The van der Waals surface area contributed by atoms with Gasteiger partial charge in [0.2, 0.25) is 0 Å². The normalized spacial score (nSPS) is 25.0. The molecule has 1 N–H and O–H groups in total. The molecule has 0 bridgehead atoms. The molecule has 0 saturated heterocycles. The molecule has 1 fully saturated rings. The van der Waals surface area contributed by atoms with E-state index in [9.17, 15) is 13.2 Å². The van der Waals surface area contributed by atoms with Gasteiger partial charge in [-0.1, -0.05) is 46.0 Å². The van der Waals surface area contributed by atoms with Gasteiger partial charge in [0.05, 0.1) is 0 Å². The first-order valence-corrected chi connectivity index (χ1v) is 8.76. The van der Waals surface area contributed by atoms with Crippen LogP contribution in [0.1, 0.15) is 78.1 Å². The van der Waals surface area contributed by atoms with E-state index in [1.165, 1.54) is 32.1 Å². The summed E-state index contributed by atoms with van der Waals surface area (Å²) in [5, 5.41) is 3.37. The van der Waals surface area contributed by atoms with Crippen molar-refractivity contribution in [1.29, 1.82) is 0 Å². The lowest BCUT2D eigenvalue weighted by atomic mass is 9.76. The Labute approximate surface area is 128 Å². The highest BCUT2D eigenvalue weighted by Crippen LogP contribution is 2.35. The lowest BCUT2D eigenvalue weighted by molar-refractivity contribution is -0.137. The van der Waals surface area contributed by atoms with Crippen LogP contribution in [-0.2, 0) is 0 Å². The summed E-state index contributed by atoms with van der Waals surface area (Å²) in [6.45, 7) is 5.11. The molecular formula is C17H32F3N. The lowest BCUT2D eigenvalue weighted by Gasteiger charge is -2.35. The Bertz CT molecular complexity index is 257. The van der Waals surface area contributed by atoms with Gasteiger partial charge < -0.3 is 5.32 Å². The third kappa shape index (κ3) is 8.08. The summed E-state index contributed by atoms with van der Waals surface area (Å²) in [7, 11) is 0. The quantitative estimate of drug-likeness (QED) is 0.576. The fourth-order valence-electron chi connectivity index (χ4n) is 3.53. The largest absolute Gasteiger partial charge is 0.389 e. The van der Waals surface area contributed by atoms with E-state index in [-0.39, 0.29) is 12.5 Å². The van der Waals surface area contributed by atoms with E-state index in [4.69, 9.17) is 0 Å². The Morgan fingerprint density at radius 2 is 1.71 bits per heavy atom. The summed E-state index contributed by atoms with van der Waals surface area (Å²) in [4.78, 5) is 0. The molecule has 126 valence electrons. The third-order valence-electron chi connectivity index (χ3n) is 4.82. The van der Waals surface area contributed by atoms with Gasteiger partial charge in [-0.3, -0.25) is 0 Å². The monoisotopic (exact) mass is 307 g/mol. The highest BCUT2D eigenvalue weighted by atomic mass is 19.4. The summed E-state index contributed by atoms with van der Waals surface area (Å²) in [6.07, 6.45) is 5.02. The number of unbranched alkanes of at least 4 members (excludes halogenated alkanes) is 1. The molecule has 0 radical (unpaired) electrons. The molecular weight excluding hydrogens is 275 g/mol. The molecule has 0 aromatic carbocycles. The van der Waals surface area contributed by atoms with Crippen LogP contribution in [0.15, 0.2) is 0 Å². The lowest BCUT2D eigenvalue weighted by Crippen LogP contribution is -2.39. The molecule has 1 nitrogen and oxygen atoms in total. The zero-order valence-corrected chi connectivity index (χ0v) is 13.6. The number of nitrogens with one attached hydrogen (secondary N) is 1.